The summed E-state index contributed by atoms with van der Waals surface area (Å²) in [5, 5.41) is 18.7. The molecular weight excluding hydrogens is 541 g/mol. The number of piperazine rings is 1. The Morgan fingerprint density at radius 2 is 1.87 bits per heavy atom. The number of aromatic nitrogens is 1. The lowest BCUT2D eigenvalue weighted by Crippen LogP contribution is -2.49. The SMILES string of the molecule is CCn1c(N2CCN(c3ccccc3F)CC2)c(C=C2SC(=S)N(CCCC(=O)O)C2=O)c(C)c(C#N)c1=O. The fourth-order valence-electron chi connectivity index (χ4n) is 4.86. The molecule has 1 aromatic heterocycles. The lowest BCUT2D eigenvalue weighted by molar-refractivity contribution is -0.137. The van der Waals surface area contributed by atoms with Crippen molar-refractivity contribution in [2.24, 2.45) is 0 Å². The number of hydrogen-bond donors (Lipinski definition) is 1. The molecule has 0 atom stereocenters. The number of carbonyl (C=O) groups is 2. The van der Waals surface area contributed by atoms with E-state index in [2.05, 4.69) is 0 Å². The minimum absolute atomic E-state index is 0.00813. The molecule has 2 fully saturated rings. The highest BCUT2D eigenvalue weighted by Crippen LogP contribution is 2.36. The van der Waals surface area contributed by atoms with E-state index in [9.17, 15) is 24.0 Å². The first kappa shape index (κ1) is 28.3. The lowest BCUT2D eigenvalue weighted by Gasteiger charge is -2.39. The number of carboxylic acid groups (broad SMARTS) is 1. The molecule has 0 radical (unpaired) electrons. The van der Waals surface area contributed by atoms with Crippen molar-refractivity contribution in [1.29, 1.82) is 5.26 Å². The van der Waals surface area contributed by atoms with Crippen molar-refractivity contribution in [1.82, 2.24) is 9.47 Å². The highest BCUT2D eigenvalue weighted by molar-refractivity contribution is 8.26. The maximum absolute atomic E-state index is 14.4. The van der Waals surface area contributed by atoms with Gasteiger partial charge in [0.15, 0.2) is 0 Å². The summed E-state index contributed by atoms with van der Waals surface area (Å²) in [7, 11) is 0. The number of para-hydroxylation sites is 1. The van der Waals surface area contributed by atoms with Gasteiger partial charge in [-0.1, -0.05) is 36.1 Å². The molecule has 1 aromatic carbocycles. The maximum Gasteiger partial charge on any atom is 0.303 e. The number of hydrogen-bond acceptors (Lipinski definition) is 8. The molecule has 0 aliphatic carbocycles. The van der Waals surface area contributed by atoms with E-state index in [1.807, 2.05) is 22.8 Å². The Balaban J connectivity index is 1.71. The van der Waals surface area contributed by atoms with Crippen LogP contribution >= 0.6 is 24.0 Å². The summed E-state index contributed by atoms with van der Waals surface area (Å²) >= 11 is 6.51. The number of carboxylic acids is 1. The van der Waals surface area contributed by atoms with E-state index < -0.39 is 11.5 Å². The summed E-state index contributed by atoms with van der Waals surface area (Å²) < 4.78 is 16.3. The summed E-state index contributed by atoms with van der Waals surface area (Å²) in [6.07, 6.45) is 1.87. The summed E-state index contributed by atoms with van der Waals surface area (Å²) in [4.78, 5) is 43.1. The highest BCUT2D eigenvalue weighted by atomic mass is 32.2. The van der Waals surface area contributed by atoms with Crippen molar-refractivity contribution in [2.45, 2.75) is 33.2 Å². The zero-order chi connectivity index (χ0) is 28.3. The first-order valence-electron chi connectivity index (χ1n) is 12.6. The molecule has 12 heteroatoms. The second kappa shape index (κ2) is 12.0. The number of nitriles is 1. The molecule has 0 bridgehead atoms. The van der Waals surface area contributed by atoms with Crippen molar-refractivity contribution < 1.29 is 19.1 Å². The summed E-state index contributed by atoms with van der Waals surface area (Å²) in [6.45, 7) is 6.04. The van der Waals surface area contributed by atoms with Crippen molar-refractivity contribution in [2.75, 3.05) is 42.5 Å². The third kappa shape index (κ3) is 5.69. The largest absolute Gasteiger partial charge is 0.481 e. The topological polar surface area (TPSA) is 110 Å². The van der Waals surface area contributed by atoms with E-state index in [1.54, 1.807) is 35.8 Å². The van der Waals surface area contributed by atoms with Gasteiger partial charge >= 0.3 is 5.97 Å². The monoisotopic (exact) mass is 569 g/mol. The quantitative estimate of drug-likeness (QED) is 0.377. The van der Waals surface area contributed by atoms with Crippen LogP contribution in [0.15, 0.2) is 34.0 Å². The fourth-order valence-corrected chi connectivity index (χ4v) is 6.15. The third-order valence-corrected chi connectivity index (χ3v) is 8.23. The molecule has 1 amide bonds. The first-order chi connectivity index (χ1) is 18.7. The molecule has 3 heterocycles. The Morgan fingerprint density at radius 1 is 1.21 bits per heavy atom. The van der Waals surface area contributed by atoms with Crippen LogP contribution in [0, 0.1) is 24.1 Å². The molecule has 1 N–H and O–H groups in total. The maximum atomic E-state index is 14.4. The van der Waals surface area contributed by atoms with Gasteiger partial charge in [-0.2, -0.15) is 5.26 Å². The Hall–Kier alpha value is -3.69. The number of pyridine rings is 1. The molecule has 2 aliphatic rings. The minimum Gasteiger partial charge on any atom is -0.481 e. The number of halogens is 1. The van der Waals surface area contributed by atoms with Gasteiger partial charge in [0, 0.05) is 51.3 Å². The summed E-state index contributed by atoms with van der Waals surface area (Å²) in [5.41, 5.74) is 1.18. The van der Waals surface area contributed by atoms with Gasteiger partial charge in [0.2, 0.25) is 0 Å². The molecule has 2 aliphatic heterocycles. The molecule has 39 heavy (non-hydrogen) atoms. The summed E-state index contributed by atoms with van der Waals surface area (Å²) in [6, 6.07) is 8.63. The number of rotatable bonds is 8. The molecule has 0 saturated carbocycles. The Bertz CT molecular complexity index is 1460. The van der Waals surface area contributed by atoms with Crippen LogP contribution < -0.4 is 15.4 Å². The fraction of sp³-hybridized carbons (Fsp3) is 0.370. The van der Waals surface area contributed by atoms with Crippen LogP contribution in [0.1, 0.15) is 36.5 Å². The van der Waals surface area contributed by atoms with E-state index in [1.165, 1.54) is 11.0 Å². The van der Waals surface area contributed by atoms with Crippen LogP contribution in [0.25, 0.3) is 6.08 Å². The van der Waals surface area contributed by atoms with Crippen LogP contribution in [-0.4, -0.2) is 63.5 Å². The third-order valence-electron chi connectivity index (χ3n) is 6.86. The predicted octanol–water partition coefficient (Wildman–Crippen LogP) is 3.58. The zero-order valence-corrected chi connectivity index (χ0v) is 23.3. The predicted molar refractivity (Wildman–Crippen MR) is 153 cm³/mol. The second-order valence-corrected chi connectivity index (χ2v) is 10.8. The van der Waals surface area contributed by atoms with Gasteiger partial charge in [0.1, 0.15) is 27.6 Å². The van der Waals surface area contributed by atoms with Crippen LogP contribution in [-0.2, 0) is 16.1 Å². The lowest BCUT2D eigenvalue weighted by atomic mass is 10.0. The van der Waals surface area contributed by atoms with Crippen molar-refractivity contribution in [3.05, 3.63) is 62.0 Å². The average Bonchev–Trinajstić information content (AvgIpc) is 3.18. The number of aliphatic carboxylic acids is 1. The average molecular weight is 570 g/mol. The van der Waals surface area contributed by atoms with Gasteiger partial charge in [0.05, 0.1) is 10.6 Å². The van der Waals surface area contributed by atoms with Gasteiger partial charge in [-0.15, -0.1) is 0 Å². The van der Waals surface area contributed by atoms with Crippen LogP contribution in [0.5, 0.6) is 0 Å². The Labute approximate surface area is 235 Å². The van der Waals surface area contributed by atoms with Gasteiger partial charge in [-0.3, -0.25) is 23.9 Å². The number of anilines is 2. The zero-order valence-electron chi connectivity index (χ0n) is 21.6. The first-order valence-corrected chi connectivity index (χ1v) is 13.8. The van der Waals surface area contributed by atoms with Gasteiger partial charge in [0.25, 0.3) is 11.5 Å². The normalized spacial score (nSPS) is 16.8. The molecule has 0 unspecified atom stereocenters. The molecule has 2 aromatic rings. The van der Waals surface area contributed by atoms with E-state index in [0.29, 0.717) is 64.6 Å². The minimum atomic E-state index is -0.947. The van der Waals surface area contributed by atoms with Crippen LogP contribution in [0.2, 0.25) is 0 Å². The number of thiocarbonyl (C=S) groups is 1. The molecule has 204 valence electrons. The smallest absolute Gasteiger partial charge is 0.303 e. The Morgan fingerprint density at radius 3 is 2.49 bits per heavy atom. The second-order valence-electron chi connectivity index (χ2n) is 9.15. The number of amides is 1. The van der Waals surface area contributed by atoms with Crippen LogP contribution in [0.4, 0.5) is 15.9 Å². The van der Waals surface area contributed by atoms with Crippen molar-refractivity contribution in [3.8, 4) is 6.07 Å². The molecule has 0 spiro atoms. The number of carbonyl (C=O) groups excluding carboxylic acids is 1. The van der Waals surface area contributed by atoms with Gasteiger partial charge in [-0.05, 0) is 44.0 Å². The number of thioether (sulfide) groups is 1. The number of nitrogens with zero attached hydrogens (tertiary/aromatic N) is 5. The highest BCUT2D eigenvalue weighted by Gasteiger charge is 2.33. The van der Waals surface area contributed by atoms with Gasteiger partial charge < -0.3 is 14.9 Å². The molecule has 2 saturated heterocycles. The number of benzene rings is 1. The van der Waals surface area contributed by atoms with Crippen molar-refractivity contribution >= 4 is 57.8 Å². The molecule has 9 nitrogen and oxygen atoms in total. The van der Waals surface area contributed by atoms with E-state index in [-0.39, 0.29) is 36.7 Å². The standard InChI is InChI=1S/C27H28FN5O4S2/c1-3-32-24(31-13-11-30(12-14-31)21-8-5-4-7-20(21)28)18(17(2)19(16-29)25(32)36)15-22-26(37)33(27(38)39-22)10-6-9-23(34)35/h4-5,7-8,15H,3,6,9-14H2,1-2H3,(H,34,35). The van der Waals surface area contributed by atoms with Crippen LogP contribution in [0.3, 0.4) is 0 Å². The molecular formula is C27H28FN5O4S2. The van der Waals surface area contributed by atoms with Crippen molar-refractivity contribution in [3.63, 3.8) is 0 Å². The Kier molecular flexibility index (Phi) is 8.72. The van der Waals surface area contributed by atoms with E-state index >= 15 is 0 Å². The summed E-state index contributed by atoms with van der Waals surface area (Å²) in [5.74, 6) is -0.977. The van der Waals surface area contributed by atoms with E-state index in [4.69, 9.17) is 17.3 Å². The van der Waals surface area contributed by atoms with E-state index in [0.717, 1.165) is 11.8 Å². The molecule has 4 rings (SSSR count). The van der Waals surface area contributed by atoms with Gasteiger partial charge in [-0.25, -0.2) is 4.39 Å².